The van der Waals surface area contributed by atoms with Crippen LogP contribution in [0.3, 0.4) is 0 Å². The maximum Gasteiger partial charge on any atom is 0.224 e. The average molecular weight is 322 g/mol. The van der Waals surface area contributed by atoms with E-state index < -0.39 is 5.60 Å². The number of carbonyl (C=O) groups excluding carboxylic acids is 1. The second-order valence-corrected chi connectivity index (χ2v) is 6.62. The minimum atomic E-state index is -0.783. The Balaban J connectivity index is 1.48. The number of aromatic nitrogens is 2. The van der Waals surface area contributed by atoms with Crippen molar-refractivity contribution >= 4 is 5.91 Å². The van der Waals surface area contributed by atoms with Gasteiger partial charge in [0.25, 0.3) is 0 Å². The van der Waals surface area contributed by atoms with Gasteiger partial charge in [-0.05, 0) is 19.4 Å². The molecule has 0 bridgehead atoms. The summed E-state index contributed by atoms with van der Waals surface area (Å²) < 4.78 is 7.18. The number of morpholine rings is 1. The monoisotopic (exact) mass is 322 g/mol. The van der Waals surface area contributed by atoms with E-state index in [1.165, 1.54) is 0 Å². The fourth-order valence-electron chi connectivity index (χ4n) is 3.37. The molecule has 1 aromatic rings. The lowest BCUT2D eigenvalue weighted by molar-refractivity contribution is -0.131. The molecule has 1 atom stereocenters. The van der Waals surface area contributed by atoms with E-state index in [9.17, 15) is 9.90 Å². The Morgan fingerprint density at radius 2 is 2.17 bits per heavy atom. The van der Waals surface area contributed by atoms with Crippen molar-refractivity contribution in [3.63, 3.8) is 0 Å². The molecule has 23 heavy (non-hydrogen) atoms. The predicted molar refractivity (Wildman–Crippen MR) is 85.0 cm³/mol. The topological polar surface area (TPSA) is 70.8 Å². The molecule has 7 heteroatoms. The molecule has 2 fully saturated rings. The lowest BCUT2D eigenvalue weighted by atomic mass is 10.0. The molecule has 7 nitrogen and oxygen atoms in total. The SMILES string of the molecule is Cc1ccnn1CCC(=O)N1CCC(O)(CN2CCOCC2)C1. The van der Waals surface area contributed by atoms with Gasteiger partial charge in [-0.25, -0.2) is 0 Å². The highest BCUT2D eigenvalue weighted by Crippen LogP contribution is 2.23. The predicted octanol–water partition coefficient (Wildman–Crippen LogP) is -0.123. The number of likely N-dealkylation sites (tertiary alicyclic amines) is 1. The van der Waals surface area contributed by atoms with Crippen molar-refractivity contribution in [2.45, 2.75) is 31.9 Å². The van der Waals surface area contributed by atoms with Gasteiger partial charge in [-0.1, -0.05) is 0 Å². The summed E-state index contributed by atoms with van der Waals surface area (Å²) in [5.41, 5.74) is 0.275. The smallest absolute Gasteiger partial charge is 0.224 e. The number of amides is 1. The zero-order chi connectivity index (χ0) is 16.3. The molecule has 0 spiro atoms. The van der Waals surface area contributed by atoms with E-state index in [2.05, 4.69) is 10.00 Å². The fourth-order valence-corrected chi connectivity index (χ4v) is 3.37. The number of carbonyl (C=O) groups is 1. The first kappa shape index (κ1) is 16.4. The minimum Gasteiger partial charge on any atom is -0.387 e. The minimum absolute atomic E-state index is 0.0952. The summed E-state index contributed by atoms with van der Waals surface area (Å²) in [7, 11) is 0. The second kappa shape index (κ2) is 6.98. The number of aryl methyl sites for hydroxylation is 2. The van der Waals surface area contributed by atoms with Crippen LogP contribution in [0.1, 0.15) is 18.5 Å². The van der Waals surface area contributed by atoms with Gasteiger partial charge >= 0.3 is 0 Å². The molecule has 3 rings (SSSR count). The highest BCUT2D eigenvalue weighted by atomic mass is 16.5. The van der Waals surface area contributed by atoms with Crippen molar-refractivity contribution in [1.29, 1.82) is 0 Å². The van der Waals surface area contributed by atoms with Crippen molar-refractivity contribution in [1.82, 2.24) is 19.6 Å². The molecule has 2 saturated heterocycles. The normalized spacial score (nSPS) is 25.9. The van der Waals surface area contributed by atoms with Crippen molar-refractivity contribution in [2.24, 2.45) is 0 Å². The van der Waals surface area contributed by atoms with Gasteiger partial charge in [0.2, 0.25) is 5.91 Å². The number of rotatable bonds is 5. The molecule has 1 amide bonds. The standard InChI is InChI=1S/C16H26N4O3/c1-14-2-5-17-20(14)6-3-15(21)19-7-4-16(22,13-19)12-18-8-10-23-11-9-18/h2,5,22H,3-4,6-13H2,1H3. The number of aliphatic hydroxyl groups is 1. The van der Waals surface area contributed by atoms with Crippen LogP contribution in [-0.2, 0) is 16.1 Å². The lowest BCUT2D eigenvalue weighted by Crippen LogP contribution is -2.49. The highest BCUT2D eigenvalue weighted by molar-refractivity contribution is 5.76. The Labute approximate surface area is 136 Å². The molecule has 1 aromatic heterocycles. The first-order valence-corrected chi connectivity index (χ1v) is 8.34. The molecule has 2 aliphatic rings. The number of β-amino-alcohol motifs (C(OH)–C–C–N with tert-alkyl or cyclic N) is 1. The molecule has 0 aromatic carbocycles. The van der Waals surface area contributed by atoms with Gasteiger partial charge < -0.3 is 14.7 Å². The fraction of sp³-hybridized carbons (Fsp3) is 0.750. The second-order valence-electron chi connectivity index (χ2n) is 6.62. The van der Waals surface area contributed by atoms with Crippen molar-refractivity contribution in [3.8, 4) is 0 Å². The number of hydrogen-bond acceptors (Lipinski definition) is 5. The van der Waals surface area contributed by atoms with Gasteiger partial charge in [0.1, 0.15) is 0 Å². The van der Waals surface area contributed by atoms with Crippen LogP contribution in [0.5, 0.6) is 0 Å². The van der Waals surface area contributed by atoms with E-state index in [0.717, 1.165) is 32.0 Å². The molecule has 128 valence electrons. The van der Waals surface area contributed by atoms with E-state index in [-0.39, 0.29) is 5.91 Å². The van der Waals surface area contributed by atoms with Crippen LogP contribution in [0.4, 0.5) is 0 Å². The van der Waals surface area contributed by atoms with E-state index in [1.54, 1.807) is 11.1 Å². The van der Waals surface area contributed by atoms with E-state index >= 15 is 0 Å². The van der Waals surface area contributed by atoms with Crippen LogP contribution in [0, 0.1) is 6.92 Å². The largest absolute Gasteiger partial charge is 0.387 e. The van der Waals surface area contributed by atoms with Crippen molar-refractivity contribution < 1.29 is 14.6 Å². The molecule has 3 heterocycles. The zero-order valence-electron chi connectivity index (χ0n) is 13.8. The van der Waals surface area contributed by atoms with Gasteiger partial charge in [-0.3, -0.25) is 14.4 Å². The Morgan fingerprint density at radius 1 is 1.39 bits per heavy atom. The third-order valence-corrected chi connectivity index (χ3v) is 4.77. The third-order valence-electron chi connectivity index (χ3n) is 4.77. The molecular weight excluding hydrogens is 296 g/mol. The zero-order valence-corrected chi connectivity index (χ0v) is 13.8. The van der Waals surface area contributed by atoms with Gasteiger partial charge in [-0.2, -0.15) is 5.10 Å². The van der Waals surface area contributed by atoms with Crippen molar-refractivity contribution in [2.75, 3.05) is 45.9 Å². The molecule has 0 radical (unpaired) electrons. The van der Waals surface area contributed by atoms with Crippen LogP contribution >= 0.6 is 0 Å². The summed E-state index contributed by atoms with van der Waals surface area (Å²) in [5, 5.41) is 15.0. The quantitative estimate of drug-likeness (QED) is 0.818. The summed E-state index contributed by atoms with van der Waals surface area (Å²) in [6.45, 7) is 7.43. The van der Waals surface area contributed by atoms with Gasteiger partial charge in [0.05, 0.1) is 25.4 Å². The van der Waals surface area contributed by atoms with Gasteiger partial charge in [-0.15, -0.1) is 0 Å². The summed E-state index contributed by atoms with van der Waals surface area (Å²) >= 11 is 0. The summed E-state index contributed by atoms with van der Waals surface area (Å²) in [5.74, 6) is 0.0952. The molecular formula is C16H26N4O3. The molecule has 1 unspecified atom stereocenters. The third kappa shape index (κ3) is 4.10. The first-order chi connectivity index (χ1) is 11.1. The van der Waals surface area contributed by atoms with Gasteiger partial charge in [0, 0.05) is 51.0 Å². The van der Waals surface area contributed by atoms with E-state index in [4.69, 9.17) is 4.74 Å². The summed E-state index contributed by atoms with van der Waals surface area (Å²) in [6, 6.07) is 1.93. The van der Waals surface area contributed by atoms with E-state index in [0.29, 0.717) is 39.0 Å². The molecule has 0 aliphatic carbocycles. The highest BCUT2D eigenvalue weighted by Gasteiger charge is 2.39. The van der Waals surface area contributed by atoms with Crippen LogP contribution in [0.15, 0.2) is 12.3 Å². The van der Waals surface area contributed by atoms with Crippen LogP contribution in [0.25, 0.3) is 0 Å². The maximum absolute atomic E-state index is 12.4. The Morgan fingerprint density at radius 3 is 2.87 bits per heavy atom. The summed E-state index contributed by atoms with van der Waals surface area (Å²) in [6.07, 6.45) is 2.82. The maximum atomic E-state index is 12.4. The Bertz CT molecular complexity index is 541. The van der Waals surface area contributed by atoms with Crippen LogP contribution < -0.4 is 0 Å². The number of hydrogen-bond donors (Lipinski definition) is 1. The Hall–Kier alpha value is -1.44. The van der Waals surface area contributed by atoms with Crippen LogP contribution in [0.2, 0.25) is 0 Å². The molecule has 1 N–H and O–H groups in total. The van der Waals surface area contributed by atoms with Crippen LogP contribution in [-0.4, -0.2) is 82.1 Å². The Kier molecular flexibility index (Phi) is 4.99. The van der Waals surface area contributed by atoms with E-state index in [1.807, 2.05) is 17.7 Å². The van der Waals surface area contributed by atoms with Gasteiger partial charge in [0.15, 0.2) is 0 Å². The molecule has 2 aliphatic heterocycles. The first-order valence-electron chi connectivity index (χ1n) is 8.34. The number of nitrogens with zero attached hydrogens (tertiary/aromatic N) is 4. The van der Waals surface area contributed by atoms with Crippen molar-refractivity contribution in [3.05, 3.63) is 18.0 Å². The molecule has 0 saturated carbocycles. The summed E-state index contributed by atoms with van der Waals surface area (Å²) in [4.78, 5) is 16.4. The number of ether oxygens (including phenoxy) is 1. The lowest BCUT2D eigenvalue weighted by Gasteiger charge is -2.33. The average Bonchev–Trinajstić information content (AvgIpc) is 3.12.